The molecule has 2 N–H and O–H groups in total. The quantitative estimate of drug-likeness (QED) is 0.525. The number of halogens is 2. The zero-order valence-corrected chi connectivity index (χ0v) is 16.9. The van der Waals surface area contributed by atoms with Gasteiger partial charge in [-0.2, -0.15) is 0 Å². The molecular weight excluding hydrogens is 413 g/mol. The molecule has 0 saturated heterocycles. The summed E-state index contributed by atoms with van der Waals surface area (Å²) in [6, 6.07) is 13.0. The largest absolute Gasteiger partial charge is 0.365 e. The fourth-order valence-electron chi connectivity index (χ4n) is 3.24. The standard InChI is InChI=1S/C21H15ClFN3O2S/c1-11-16-20(29-17(11)18(24)27)25-19(13-5-7-14(22)8-6-13)26(21(16)28)10-12-3-2-4-15(23)9-12/h2-9H,10H2,1H3,(H2,24,27). The van der Waals surface area contributed by atoms with Crippen molar-refractivity contribution in [2.75, 3.05) is 0 Å². The van der Waals surface area contributed by atoms with Crippen molar-refractivity contribution in [3.63, 3.8) is 0 Å². The third-order valence-electron chi connectivity index (χ3n) is 4.61. The van der Waals surface area contributed by atoms with E-state index in [0.717, 1.165) is 11.3 Å². The normalized spacial score (nSPS) is 11.1. The molecule has 0 bridgehead atoms. The van der Waals surface area contributed by atoms with E-state index in [1.165, 1.54) is 16.7 Å². The van der Waals surface area contributed by atoms with Crippen molar-refractivity contribution in [1.82, 2.24) is 9.55 Å². The number of nitrogens with two attached hydrogens (primary N) is 1. The van der Waals surface area contributed by atoms with Gasteiger partial charge in [-0.3, -0.25) is 14.2 Å². The lowest BCUT2D eigenvalue weighted by molar-refractivity contribution is 0.100. The van der Waals surface area contributed by atoms with E-state index in [2.05, 4.69) is 4.98 Å². The number of nitrogens with zero attached hydrogens (tertiary/aromatic N) is 2. The van der Waals surface area contributed by atoms with Crippen LogP contribution in [0.2, 0.25) is 5.02 Å². The van der Waals surface area contributed by atoms with Crippen LogP contribution < -0.4 is 11.3 Å². The lowest BCUT2D eigenvalue weighted by Gasteiger charge is -2.13. The van der Waals surface area contributed by atoms with E-state index in [0.29, 0.717) is 42.6 Å². The molecule has 0 fully saturated rings. The van der Waals surface area contributed by atoms with Crippen LogP contribution in [0.25, 0.3) is 21.6 Å². The second kappa shape index (κ2) is 7.42. The molecule has 0 unspecified atom stereocenters. The van der Waals surface area contributed by atoms with Crippen LogP contribution in [0.3, 0.4) is 0 Å². The third kappa shape index (κ3) is 3.54. The molecule has 0 atom stereocenters. The van der Waals surface area contributed by atoms with Gasteiger partial charge in [0.05, 0.1) is 16.8 Å². The predicted molar refractivity (Wildman–Crippen MR) is 113 cm³/mol. The molecule has 0 aliphatic rings. The summed E-state index contributed by atoms with van der Waals surface area (Å²) in [6.45, 7) is 1.80. The van der Waals surface area contributed by atoms with Crippen molar-refractivity contribution in [1.29, 1.82) is 0 Å². The highest BCUT2D eigenvalue weighted by Gasteiger charge is 2.21. The zero-order valence-electron chi connectivity index (χ0n) is 15.3. The highest BCUT2D eigenvalue weighted by atomic mass is 35.5. The number of aryl methyl sites for hydroxylation is 1. The molecule has 8 heteroatoms. The Hall–Kier alpha value is -3.03. The van der Waals surface area contributed by atoms with Crippen LogP contribution in [-0.4, -0.2) is 15.5 Å². The van der Waals surface area contributed by atoms with Gasteiger partial charge in [-0.1, -0.05) is 23.7 Å². The first-order valence-electron chi connectivity index (χ1n) is 8.69. The number of amides is 1. The van der Waals surface area contributed by atoms with Crippen molar-refractivity contribution in [2.45, 2.75) is 13.5 Å². The molecule has 0 saturated carbocycles. The van der Waals surface area contributed by atoms with Crippen molar-refractivity contribution in [3.05, 3.63) is 85.7 Å². The maximum absolute atomic E-state index is 13.7. The van der Waals surface area contributed by atoms with Gasteiger partial charge in [-0.25, -0.2) is 9.37 Å². The number of primary amides is 1. The lowest BCUT2D eigenvalue weighted by atomic mass is 10.1. The predicted octanol–water partition coefficient (Wildman–Crippen LogP) is 4.37. The number of rotatable bonds is 4. The van der Waals surface area contributed by atoms with Crippen LogP contribution in [0.4, 0.5) is 4.39 Å². The highest BCUT2D eigenvalue weighted by Crippen LogP contribution is 2.30. The van der Waals surface area contributed by atoms with Crippen LogP contribution >= 0.6 is 22.9 Å². The van der Waals surface area contributed by atoms with Crippen LogP contribution in [0.1, 0.15) is 20.8 Å². The van der Waals surface area contributed by atoms with Gasteiger partial charge in [0.15, 0.2) is 0 Å². The Balaban J connectivity index is 2.01. The molecule has 2 heterocycles. The van der Waals surface area contributed by atoms with Gasteiger partial charge in [-0.15, -0.1) is 11.3 Å². The van der Waals surface area contributed by atoms with Crippen molar-refractivity contribution in [2.24, 2.45) is 5.73 Å². The SMILES string of the molecule is Cc1c(C(N)=O)sc2nc(-c3ccc(Cl)cc3)n(Cc3cccc(F)c3)c(=O)c12. The summed E-state index contributed by atoms with van der Waals surface area (Å²) in [5.41, 5.74) is 6.94. The van der Waals surface area contributed by atoms with Gasteiger partial charge in [0.2, 0.25) is 0 Å². The maximum Gasteiger partial charge on any atom is 0.263 e. The first kappa shape index (κ1) is 19.3. The van der Waals surface area contributed by atoms with Crippen molar-refractivity contribution >= 4 is 39.1 Å². The number of carbonyl (C=O) groups is 1. The summed E-state index contributed by atoms with van der Waals surface area (Å²) < 4.78 is 15.2. The molecule has 2 aromatic heterocycles. The fourth-order valence-corrected chi connectivity index (χ4v) is 4.39. The maximum atomic E-state index is 13.7. The van der Waals surface area contributed by atoms with Crippen LogP contribution in [0.15, 0.2) is 53.3 Å². The van der Waals surface area contributed by atoms with E-state index in [1.54, 1.807) is 43.3 Å². The zero-order chi connectivity index (χ0) is 20.7. The summed E-state index contributed by atoms with van der Waals surface area (Å²) in [5, 5.41) is 0.898. The average molecular weight is 428 g/mol. The minimum Gasteiger partial charge on any atom is -0.365 e. The Morgan fingerprint density at radius 1 is 1.24 bits per heavy atom. The van der Waals surface area contributed by atoms with Crippen LogP contribution in [0.5, 0.6) is 0 Å². The Kier molecular flexibility index (Phi) is 4.94. The van der Waals surface area contributed by atoms with E-state index in [-0.39, 0.29) is 17.9 Å². The van der Waals surface area contributed by atoms with Crippen molar-refractivity contribution in [3.8, 4) is 11.4 Å². The average Bonchev–Trinajstić information content (AvgIpc) is 3.02. The summed E-state index contributed by atoms with van der Waals surface area (Å²) in [7, 11) is 0. The van der Waals surface area contributed by atoms with Gasteiger partial charge >= 0.3 is 0 Å². The molecule has 0 spiro atoms. The van der Waals surface area contributed by atoms with E-state index in [1.807, 2.05) is 0 Å². The highest BCUT2D eigenvalue weighted by molar-refractivity contribution is 7.20. The summed E-state index contributed by atoms with van der Waals surface area (Å²) in [6.07, 6.45) is 0. The van der Waals surface area contributed by atoms with Gasteiger partial charge in [0.1, 0.15) is 16.5 Å². The molecule has 0 aliphatic carbocycles. The second-order valence-electron chi connectivity index (χ2n) is 6.56. The molecule has 4 aromatic rings. The molecule has 4 rings (SSSR count). The van der Waals surface area contributed by atoms with Gasteiger partial charge in [-0.05, 0) is 54.4 Å². The van der Waals surface area contributed by atoms with Crippen LogP contribution in [-0.2, 0) is 6.54 Å². The Labute approximate surface area is 174 Å². The topological polar surface area (TPSA) is 78.0 Å². The summed E-state index contributed by atoms with van der Waals surface area (Å²) in [5.74, 6) is -0.587. The number of fused-ring (bicyclic) bond motifs is 1. The van der Waals surface area contributed by atoms with Gasteiger partial charge in [0.25, 0.3) is 11.5 Å². The Morgan fingerprint density at radius 2 is 1.97 bits per heavy atom. The van der Waals surface area contributed by atoms with E-state index in [4.69, 9.17) is 17.3 Å². The van der Waals surface area contributed by atoms with Crippen molar-refractivity contribution < 1.29 is 9.18 Å². The number of benzene rings is 2. The first-order valence-corrected chi connectivity index (χ1v) is 9.88. The number of thiophene rings is 1. The minimum atomic E-state index is -0.602. The first-order chi connectivity index (χ1) is 13.8. The molecule has 146 valence electrons. The number of aromatic nitrogens is 2. The Bertz CT molecular complexity index is 1310. The number of hydrogen-bond donors (Lipinski definition) is 1. The van der Waals surface area contributed by atoms with Gasteiger partial charge < -0.3 is 5.73 Å². The monoisotopic (exact) mass is 427 g/mol. The van der Waals surface area contributed by atoms with Gasteiger partial charge in [0, 0.05) is 10.6 Å². The smallest absolute Gasteiger partial charge is 0.263 e. The van der Waals surface area contributed by atoms with Crippen LogP contribution in [0, 0.1) is 12.7 Å². The van der Waals surface area contributed by atoms with E-state index >= 15 is 0 Å². The summed E-state index contributed by atoms with van der Waals surface area (Å²) >= 11 is 7.08. The third-order valence-corrected chi connectivity index (χ3v) is 6.06. The molecule has 5 nitrogen and oxygen atoms in total. The van der Waals surface area contributed by atoms with E-state index < -0.39 is 5.91 Å². The minimum absolute atomic E-state index is 0.124. The number of hydrogen-bond acceptors (Lipinski definition) is 4. The fraction of sp³-hybridized carbons (Fsp3) is 0.0952. The molecule has 29 heavy (non-hydrogen) atoms. The lowest BCUT2D eigenvalue weighted by Crippen LogP contribution is -2.24. The molecule has 0 aliphatic heterocycles. The number of carbonyl (C=O) groups excluding carboxylic acids is 1. The molecular formula is C21H15ClFN3O2S. The molecule has 0 radical (unpaired) electrons. The second-order valence-corrected chi connectivity index (χ2v) is 8.00. The Morgan fingerprint density at radius 3 is 2.62 bits per heavy atom. The van der Waals surface area contributed by atoms with E-state index in [9.17, 15) is 14.0 Å². The molecule has 2 aromatic carbocycles. The summed E-state index contributed by atoms with van der Waals surface area (Å²) in [4.78, 5) is 30.5. The molecule has 1 amide bonds.